The van der Waals surface area contributed by atoms with E-state index in [1.807, 2.05) is 18.2 Å². The monoisotopic (exact) mass is 369 g/mol. The minimum absolute atomic E-state index is 0.528. The first-order valence-corrected chi connectivity index (χ1v) is 8.54. The van der Waals surface area contributed by atoms with E-state index < -0.39 is 0 Å². The molecule has 0 aliphatic carbocycles. The maximum atomic E-state index is 4.67. The number of thiol groups is 1. The summed E-state index contributed by atoms with van der Waals surface area (Å²) in [7, 11) is 9.34. The number of nitrogens with one attached hydrogen (secondary N) is 1. The van der Waals surface area contributed by atoms with E-state index in [1.165, 1.54) is 0 Å². The number of rotatable bonds is 5. The fourth-order valence-corrected chi connectivity index (χ4v) is 1.17. The average molecular weight is 371 g/mol. The Labute approximate surface area is 134 Å². The van der Waals surface area contributed by atoms with Crippen LogP contribution in [0.3, 0.4) is 0 Å². The number of pyridine rings is 1. The quantitative estimate of drug-likeness (QED) is 0.165. The second-order valence-electron chi connectivity index (χ2n) is 3.25. The Morgan fingerprint density at radius 1 is 1.58 bits per heavy atom. The van der Waals surface area contributed by atoms with Crippen LogP contribution < -0.4 is 5.32 Å². The molecule has 111 valence electrons. The molecule has 4 nitrogen and oxygen atoms in total. The molecule has 0 spiro atoms. The molecule has 0 bridgehead atoms. The van der Waals surface area contributed by atoms with E-state index in [9.17, 15) is 0 Å². The Bertz CT molecular complexity index is 365. The van der Waals surface area contributed by atoms with Crippen molar-refractivity contribution in [3.8, 4) is 0 Å². The van der Waals surface area contributed by atoms with Crippen LogP contribution in [-0.2, 0) is 25.4 Å². The number of aromatic nitrogens is 1. The molecule has 0 aliphatic rings. The van der Waals surface area contributed by atoms with Gasteiger partial charge in [0.15, 0.2) is 17.3 Å². The summed E-state index contributed by atoms with van der Waals surface area (Å²) >= 11 is 4.91. The van der Waals surface area contributed by atoms with E-state index in [4.69, 9.17) is 0 Å². The second kappa shape index (κ2) is 14.2. The van der Waals surface area contributed by atoms with Gasteiger partial charge in [0, 0.05) is 19.0 Å². The predicted molar refractivity (Wildman–Crippen MR) is 83.6 cm³/mol. The van der Waals surface area contributed by atoms with Crippen LogP contribution in [0.25, 0.3) is 5.43 Å². The topological polar surface area (TPSA) is 51.4 Å². The molecule has 0 fully saturated rings. The van der Waals surface area contributed by atoms with Crippen LogP contribution in [0.1, 0.15) is 25.5 Å². The number of unbranched alkanes of at least 4 members (excludes halogenated alkanes) is 1. The molecule has 0 unspecified atom stereocenters. The van der Waals surface area contributed by atoms with E-state index in [1.54, 1.807) is 12.4 Å². The Hall–Kier alpha value is -0.231. The Morgan fingerprint density at radius 2 is 2.32 bits per heavy atom. The number of hydrogen-bond donors (Lipinski definition) is 1. The third kappa shape index (κ3) is 12.5. The van der Waals surface area contributed by atoms with E-state index in [-0.39, 0.29) is 0 Å². The van der Waals surface area contributed by atoms with Crippen molar-refractivity contribution < 1.29 is 13.1 Å². The molecule has 0 aromatic carbocycles. The van der Waals surface area contributed by atoms with E-state index in [0.29, 0.717) is 5.11 Å². The van der Waals surface area contributed by atoms with Crippen molar-refractivity contribution in [3.63, 3.8) is 0 Å². The second-order valence-corrected chi connectivity index (χ2v) is 5.23. The van der Waals surface area contributed by atoms with Crippen molar-refractivity contribution in [1.29, 1.82) is 0 Å². The molecule has 8 heteroatoms. The first-order chi connectivity index (χ1) is 9.24. The van der Waals surface area contributed by atoms with Crippen LogP contribution in [0.15, 0.2) is 29.5 Å². The third-order valence-electron chi connectivity index (χ3n) is 1.84. The standard InChI is InChI=1S/C11H16N4S.2ClH.Cu/c1-2-3-7-13-11(16)15-14-9-10-6-4-5-8-12-10;;;/h4-6,8-9H,2-3,7H2,1H3,(H2,12,13,15,16);2*1H;/q;;;+2/p-2. The average Bonchev–Trinajstić information content (AvgIpc) is 2.41. The molecular weight excluding hydrogens is 355 g/mol. The Morgan fingerprint density at radius 3 is 2.89 bits per heavy atom. The number of nitrogens with zero attached hydrogens (tertiary/aromatic N) is 3. The van der Waals surface area contributed by atoms with Gasteiger partial charge in [-0.05, 0) is 18.6 Å². The summed E-state index contributed by atoms with van der Waals surface area (Å²) in [6.07, 6.45) is 5.55. The summed E-state index contributed by atoms with van der Waals surface area (Å²) in [5.41, 5.74) is 4.67. The molecule has 1 aromatic rings. The van der Waals surface area contributed by atoms with Crippen LogP contribution in [0.2, 0.25) is 0 Å². The summed E-state index contributed by atoms with van der Waals surface area (Å²) in [5, 5.41) is 7.46. The summed E-state index contributed by atoms with van der Waals surface area (Å²) in [5.74, 6) is 0. The fraction of sp³-hybridized carbons (Fsp3) is 0.364. The van der Waals surface area contributed by atoms with E-state index in [2.05, 4.69) is 60.2 Å². The van der Waals surface area contributed by atoms with Crippen molar-refractivity contribution in [1.82, 2.24) is 10.3 Å². The molecule has 0 atom stereocenters. The SMILES string of the molecule is CCCCNC(=[SH+])[N-]N=Cc1ccccn1.[Cl][Cu][Cl]. The number of halogens is 2. The van der Waals surface area contributed by atoms with Crippen molar-refractivity contribution in [2.45, 2.75) is 19.8 Å². The molecule has 1 aromatic heterocycles. The van der Waals surface area contributed by atoms with Gasteiger partial charge in [-0.25, -0.2) is 0 Å². The van der Waals surface area contributed by atoms with Crippen molar-refractivity contribution in [3.05, 3.63) is 35.5 Å². The molecule has 0 saturated heterocycles. The zero-order valence-corrected chi connectivity index (χ0v) is 13.7. The van der Waals surface area contributed by atoms with Gasteiger partial charge >= 0.3 is 33.3 Å². The zero-order chi connectivity index (χ0) is 14.3. The number of hydrogen-bond acceptors (Lipinski definition) is 2. The molecule has 0 amide bonds. The van der Waals surface area contributed by atoms with Crippen LogP contribution in [-0.4, -0.2) is 22.9 Å². The zero-order valence-electron chi connectivity index (χ0n) is 10.4. The normalized spacial score (nSPS) is 10.1. The van der Waals surface area contributed by atoms with E-state index >= 15 is 0 Å². The molecule has 19 heavy (non-hydrogen) atoms. The Balaban J connectivity index is 0.000000982. The van der Waals surface area contributed by atoms with Gasteiger partial charge in [-0.1, -0.05) is 19.4 Å². The van der Waals surface area contributed by atoms with Crippen LogP contribution in [0.4, 0.5) is 0 Å². The summed E-state index contributed by atoms with van der Waals surface area (Å²) in [6.45, 7) is 3.01. The van der Waals surface area contributed by atoms with Crippen LogP contribution in [0.5, 0.6) is 0 Å². The van der Waals surface area contributed by atoms with Gasteiger partial charge < -0.3 is 10.5 Å². The van der Waals surface area contributed by atoms with Gasteiger partial charge in [0.25, 0.3) is 0 Å². The third-order valence-corrected chi connectivity index (χ3v) is 2.09. The molecule has 1 rings (SSSR count). The molecule has 0 aliphatic heterocycles. The van der Waals surface area contributed by atoms with Crippen molar-refractivity contribution in [2.75, 3.05) is 6.54 Å². The first-order valence-electron chi connectivity index (χ1n) is 5.50. The molecular formula is C11H16Cl2CuN4S. The van der Waals surface area contributed by atoms with Gasteiger partial charge in [-0.3, -0.25) is 10.3 Å². The molecule has 0 radical (unpaired) electrons. The summed E-state index contributed by atoms with van der Waals surface area (Å²) < 4.78 is 0. The predicted octanol–water partition coefficient (Wildman–Crippen LogP) is 2.92. The molecule has 0 saturated carbocycles. The van der Waals surface area contributed by atoms with E-state index in [0.717, 1.165) is 38.2 Å². The van der Waals surface area contributed by atoms with Crippen LogP contribution >= 0.6 is 20.2 Å². The summed E-state index contributed by atoms with van der Waals surface area (Å²) in [4.78, 5) is 4.09. The maximum absolute atomic E-state index is 4.67. The summed E-state index contributed by atoms with van der Waals surface area (Å²) in [6, 6.07) is 5.62. The first kappa shape index (κ1) is 18.8. The van der Waals surface area contributed by atoms with Gasteiger partial charge in [0.2, 0.25) is 0 Å². The Kier molecular flexibility index (Phi) is 14.0. The van der Waals surface area contributed by atoms with Crippen molar-refractivity contribution in [2.24, 2.45) is 5.10 Å². The van der Waals surface area contributed by atoms with Crippen LogP contribution in [0, 0.1) is 0 Å². The van der Waals surface area contributed by atoms with Gasteiger partial charge in [-0.2, -0.15) is 0 Å². The fourth-order valence-electron chi connectivity index (χ4n) is 1.01. The van der Waals surface area contributed by atoms with Crippen molar-refractivity contribution >= 4 is 43.7 Å². The van der Waals surface area contributed by atoms with Gasteiger partial charge in [0.1, 0.15) is 0 Å². The molecule has 1 N–H and O–H groups in total. The molecule has 1 heterocycles. The van der Waals surface area contributed by atoms with Gasteiger partial charge in [-0.15, -0.1) is 0 Å². The minimum atomic E-state index is 0.528. The van der Waals surface area contributed by atoms with Gasteiger partial charge in [0.05, 0.1) is 5.69 Å².